The minimum Gasteiger partial charge on any atom is -0.0965 e. The second-order valence-electron chi connectivity index (χ2n) is 9.49. The van der Waals surface area contributed by atoms with Gasteiger partial charge in [-0.3, -0.25) is 0 Å². The Balaban J connectivity index is 4.84. The highest BCUT2D eigenvalue weighted by Crippen LogP contribution is 2.35. The summed E-state index contributed by atoms with van der Waals surface area (Å²) < 4.78 is 0. The number of hydrogen-bond donors (Lipinski definition) is 0. The Kier molecular flexibility index (Phi) is 5.15. The van der Waals surface area contributed by atoms with Gasteiger partial charge >= 0.3 is 0 Å². The number of hydrogen-bond acceptors (Lipinski definition) is 0. The van der Waals surface area contributed by atoms with Crippen LogP contribution in [0.5, 0.6) is 0 Å². The first kappa shape index (κ1) is 17.6. The fourth-order valence-electron chi connectivity index (χ4n) is 3.08. The van der Waals surface area contributed by atoms with Crippen LogP contribution in [0.25, 0.3) is 0 Å². The van der Waals surface area contributed by atoms with Crippen LogP contribution in [-0.2, 0) is 0 Å². The van der Waals surface area contributed by atoms with E-state index in [1.807, 2.05) is 0 Å². The maximum Gasteiger partial charge on any atom is 0.0263 e. The summed E-state index contributed by atoms with van der Waals surface area (Å²) in [6, 6.07) is 0. The first-order chi connectivity index (χ1) is 7.62. The molecule has 0 nitrogen and oxygen atoms in total. The molecule has 0 aliphatic rings. The summed E-state index contributed by atoms with van der Waals surface area (Å²) in [5.41, 5.74) is 0.888. The first-order valence-corrected chi connectivity index (χ1v) is 7.16. The molecule has 0 aromatic rings. The van der Waals surface area contributed by atoms with Crippen molar-refractivity contribution in [3.05, 3.63) is 0 Å². The average Bonchev–Trinajstić information content (AvgIpc) is 1.91. The lowest BCUT2D eigenvalue weighted by Gasteiger charge is -2.30. The number of rotatable bonds is 2. The smallest absolute Gasteiger partial charge is 0.0263 e. The molecule has 0 unspecified atom stereocenters. The molecule has 0 heteroatoms. The summed E-state index contributed by atoms with van der Waals surface area (Å²) >= 11 is 0. The van der Waals surface area contributed by atoms with Gasteiger partial charge in [0.2, 0.25) is 0 Å². The predicted molar refractivity (Wildman–Crippen MR) is 83.5 cm³/mol. The second-order valence-corrected chi connectivity index (χ2v) is 9.49. The van der Waals surface area contributed by atoms with Crippen LogP contribution in [0.1, 0.15) is 82.1 Å². The van der Waals surface area contributed by atoms with Gasteiger partial charge in [0.15, 0.2) is 0 Å². The summed E-state index contributed by atoms with van der Waals surface area (Å²) in [6.45, 7) is 22.8. The van der Waals surface area contributed by atoms with Crippen molar-refractivity contribution >= 4 is 0 Å². The van der Waals surface area contributed by atoms with Gasteiger partial charge in [-0.05, 0) is 51.4 Å². The Hall–Kier alpha value is -0.440. The van der Waals surface area contributed by atoms with Crippen molar-refractivity contribution < 1.29 is 0 Å². The van der Waals surface area contributed by atoms with E-state index in [1.54, 1.807) is 0 Å². The lowest BCUT2D eigenvalue weighted by molar-refractivity contribution is 0.261. The molecular formula is C18H34. The van der Waals surface area contributed by atoms with Crippen molar-refractivity contribution in [3.63, 3.8) is 0 Å². The highest BCUT2D eigenvalue weighted by Gasteiger charge is 2.26. The molecule has 0 N–H and O–H groups in total. The zero-order valence-corrected chi connectivity index (χ0v) is 14.4. The summed E-state index contributed by atoms with van der Waals surface area (Å²) in [5.74, 6) is 7.06. The Bertz CT molecular complexity index is 286. The van der Waals surface area contributed by atoms with Gasteiger partial charge in [0, 0.05) is 10.8 Å². The monoisotopic (exact) mass is 250 g/mol. The maximum atomic E-state index is 3.53. The molecule has 0 rings (SSSR count). The molecule has 0 aromatic carbocycles. The molecule has 0 aliphatic heterocycles. The normalized spacial score (nSPS) is 14.1. The van der Waals surface area contributed by atoms with Gasteiger partial charge in [0.1, 0.15) is 0 Å². The molecule has 0 aromatic heterocycles. The summed E-state index contributed by atoms with van der Waals surface area (Å²) in [7, 11) is 0. The largest absolute Gasteiger partial charge is 0.0965 e. The molecule has 0 saturated heterocycles. The zero-order valence-electron chi connectivity index (χ0n) is 14.4. The molecule has 0 saturated carbocycles. The van der Waals surface area contributed by atoms with Gasteiger partial charge in [-0.2, -0.15) is 0 Å². The van der Waals surface area contributed by atoms with Gasteiger partial charge < -0.3 is 0 Å². The van der Waals surface area contributed by atoms with Gasteiger partial charge in [0.25, 0.3) is 0 Å². The van der Waals surface area contributed by atoms with E-state index in [0.29, 0.717) is 10.8 Å². The van der Waals surface area contributed by atoms with Crippen molar-refractivity contribution in [3.8, 4) is 11.8 Å². The lowest BCUT2D eigenvalue weighted by atomic mass is 9.74. The minimum atomic E-state index is 0.105. The van der Waals surface area contributed by atoms with Crippen LogP contribution in [0.2, 0.25) is 0 Å². The molecule has 18 heavy (non-hydrogen) atoms. The maximum absolute atomic E-state index is 3.53. The van der Waals surface area contributed by atoms with Gasteiger partial charge in [0.05, 0.1) is 0 Å². The van der Waals surface area contributed by atoms with Crippen LogP contribution in [0, 0.1) is 33.5 Å². The summed E-state index contributed by atoms with van der Waals surface area (Å²) in [5, 5.41) is 0. The van der Waals surface area contributed by atoms with Crippen molar-refractivity contribution in [1.82, 2.24) is 0 Å². The molecule has 0 heterocycles. The van der Waals surface area contributed by atoms with Crippen LogP contribution in [0.15, 0.2) is 0 Å². The topological polar surface area (TPSA) is 0 Å². The molecular weight excluding hydrogens is 216 g/mol. The fourth-order valence-corrected chi connectivity index (χ4v) is 3.08. The Morgan fingerprint density at radius 1 is 0.500 bits per heavy atom. The molecule has 0 aliphatic carbocycles. The minimum absolute atomic E-state index is 0.105. The van der Waals surface area contributed by atoms with E-state index in [0.717, 1.165) is 12.8 Å². The summed E-state index contributed by atoms with van der Waals surface area (Å²) in [6.07, 6.45) is 2.27. The fraction of sp³-hybridized carbons (Fsp3) is 0.889. The Morgan fingerprint density at radius 3 is 0.889 bits per heavy atom. The quantitative estimate of drug-likeness (QED) is 0.534. The van der Waals surface area contributed by atoms with E-state index < -0.39 is 0 Å². The summed E-state index contributed by atoms with van der Waals surface area (Å²) in [4.78, 5) is 0. The second kappa shape index (κ2) is 5.28. The molecule has 0 fully saturated rings. The molecule has 106 valence electrons. The third-order valence-electron chi connectivity index (χ3n) is 2.68. The zero-order chi connectivity index (χ0) is 14.8. The van der Waals surface area contributed by atoms with Crippen molar-refractivity contribution in [2.24, 2.45) is 21.7 Å². The van der Waals surface area contributed by atoms with Crippen molar-refractivity contribution in [1.29, 1.82) is 0 Å². The highest BCUT2D eigenvalue weighted by atomic mass is 14.3. The van der Waals surface area contributed by atoms with Crippen LogP contribution in [0.4, 0.5) is 0 Å². The van der Waals surface area contributed by atoms with E-state index in [4.69, 9.17) is 0 Å². The van der Waals surface area contributed by atoms with Crippen molar-refractivity contribution in [2.45, 2.75) is 82.1 Å². The van der Waals surface area contributed by atoms with Crippen LogP contribution in [0.3, 0.4) is 0 Å². The van der Waals surface area contributed by atoms with E-state index in [2.05, 4.69) is 81.1 Å². The standard InChI is InChI=1S/C18H34/c1-15(2,3)13-17(7,8)11-12-18(9,10)14-16(4,5)6/h13-14H2,1-10H3. The van der Waals surface area contributed by atoms with E-state index in [-0.39, 0.29) is 10.8 Å². The van der Waals surface area contributed by atoms with E-state index in [1.165, 1.54) is 0 Å². The van der Waals surface area contributed by atoms with Crippen molar-refractivity contribution in [2.75, 3.05) is 0 Å². The Morgan fingerprint density at radius 2 is 0.722 bits per heavy atom. The van der Waals surface area contributed by atoms with E-state index >= 15 is 0 Å². The molecule has 0 amide bonds. The lowest BCUT2D eigenvalue weighted by Crippen LogP contribution is -2.22. The highest BCUT2D eigenvalue weighted by molar-refractivity contribution is 5.16. The van der Waals surface area contributed by atoms with Crippen LogP contribution >= 0.6 is 0 Å². The predicted octanol–water partition coefficient (Wildman–Crippen LogP) is 5.91. The average molecular weight is 250 g/mol. The third-order valence-corrected chi connectivity index (χ3v) is 2.68. The molecule has 0 atom stereocenters. The van der Waals surface area contributed by atoms with Crippen LogP contribution < -0.4 is 0 Å². The van der Waals surface area contributed by atoms with E-state index in [9.17, 15) is 0 Å². The molecule has 0 spiro atoms. The Labute approximate surface area is 116 Å². The van der Waals surface area contributed by atoms with Gasteiger partial charge in [-0.1, -0.05) is 53.4 Å². The van der Waals surface area contributed by atoms with Crippen LogP contribution in [-0.4, -0.2) is 0 Å². The first-order valence-electron chi connectivity index (χ1n) is 7.16. The van der Waals surface area contributed by atoms with Gasteiger partial charge in [-0.15, -0.1) is 0 Å². The SMILES string of the molecule is CC(C)(C)CC(C)(C)C#CC(C)(C)CC(C)(C)C. The third kappa shape index (κ3) is 9.58. The molecule has 0 radical (unpaired) electrons. The molecule has 0 bridgehead atoms. The van der Waals surface area contributed by atoms with Gasteiger partial charge in [-0.25, -0.2) is 0 Å².